The lowest BCUT2D eigenvalue weighted by Gasteiger charge is -2.34. The van der Waals surface area contributed by atoms with Crippen molar-refractivity contribution in [3.8, 4) is 5.82 Å². The maximum Gasteiger partial charge on any atom is 0.159 e. The Bertz CT molecular complexity index is 1170. The van der Waals surface area contributed by atoms with Gasteiger partial charge in [-0.15, -0.1) is 0 Å². The number of hydrogen-bond donors (Lipinski definition) is 2. The van der Waals surface area contributed by atoms with Crippen LogP contribution in [0.2, 0.25) is 0 Å². The molecule has 2 N–H and O–H groups in total. The fourth-order valence-electron chi connectivity index (χ4n) is 6.01. The van der Waals surface area contributed by atoms with Crippen LogP contribution in [0.15, 0.2) is 24.4 Å². The van der Waals surface area contributed by atoms with E-state index in [0.29, 0.717) is 18.0 Å². The van der Waals surface area contributed by atoms with E-state index in [9.17, 15) is 5.11 Å². The molecular formula is C25H32N6O. The minimum Gasteiger partial charge on any atom is -0.390 e. The molecule has 3 fully saturated rings. The maximum atomic E-state index is 10.4. The molecule has 7 nitrogen and oxygen atoms in total. The molecule has 7 heteroatoms. The topological polar surface area (TPSA) is 79.1 Å². The molecular weight excluding hydrogens is 400 g/mol. The zero-order valence-electron chi connectivity index (χ0n) is 19.2. The summed E-state index contributed by atoms with van der Waals surface area (Å²) in [5, 5.41) is 19.8. The van der Waals surface area contributed by atoms with Gasteiger partial charge in [0.2, 0.25) is 0 Å². The zero-order chi connectivity index (χ0) is 22.0. The fourth-order valence-corrected chi connectivity index (χ4v) is 6.01. The minimum atomic E-state index is -0.518. The van der Waals surface area contributed by atoms with E-state index in [1.165, 1.54) is 17.5 Å². The van der Waals surface area contributed by atoms with Crippen LogP contribution in [0, 0.1) is 13.8 Å². The van der Waals surface area contributed by atoms with Gasteiger partial charge >= 0.3 is 0 Å². The van der Waals surface area contributed by atoms with Crippen molar-refractivity contribution in [2.24, 2.45) is 0 Å². The van der Waals surface area contributed by atoms with Crippen LogP contribution in [-0.4, -0.2) is 55.6 Å². The van der Waals surface area contributed by atoms with Crippen LogP contribution >= 0.6 is 0 Å². The predicted octanol–water partition coefficient (Wildman–Crippen LogP) is 3.39. The smallest absolute Gasteiger partial charge is 0.159 e. The molecule has 3 aromatic rings. The van der Waals surface area contributed by atoms with Crippen LogP contribution in [0.25, 0.3) is 16.7 Å². The molecule has 2 aliphatic heterocycles. The molecule has 2 bridgehead atoms. The van der Waals surface area contributed by atoms with Crippen molar-refractivity contribution in [2.45, 2.75) is 76.5 Å². The molecule has 2 unspecified atom stereocenters. The predicted molar refractivity (Wildman–Crippen MR) is 126 cm³/mol. The standard InChI is InChI=1S/C25H32N6O/c1-15-8-18-12-27-31(22(18)10-21(15)17-4-6-25(3,32)7-5-17)24-11-23(28-16(2)29-24)30-14-19-9-20(30)13-26-19/h8,10-12,17,19-20,26,32H,4-7,9,13-14H2,1-3H3/t17-,19?,20?,25-. The number of fused-ring (bicyclic) bond motifs is 3. The fraction of sp³-hybridized carbons (Fsp3) is 0.560. The van der Waals surface area contributed by atoms with Crippen LogP contribution < -0.4 is 10.2 Å². The van der Waals surface area contributed by atoms with Crippen LogP contribution in [0.1, 0.15) is 61.9 Å². The van der Waals surface area contributed by atoms with Gasteiger partial charge in [-0.3, -0.25) is 0 Å². The maximum absolute atomic E-state index is 10.4. The summed E-state index contributed by atoms with van der Waals surface area (Å²) < 4.78 is 1.97. The summed E-state index contributed by atoms with van der Waals surface area (Å²) in [7, 11) is 0. The Morgan fingerprint density at radius 3 is 2.59 bits per heavy atom. The quantitative estimate of drug-likeness (QED) is 0.661. The molecule has 0 spiro atoms. The highest BCUT2D eigenvalue weighted by atomic mass is 16.3. The van der Waals surface area contributed by atoms with Crippen molar-refractivity contribution in [2.75, 3.05) is 18.0 Å². The number of aliphatic hydroxyl groups is 1. The van der Waals surface area contributed by atoms with Gasteiger partial charge in [-0.25, -0.2) is 14.6 Å². The van der Waals surface area contributed by atoms with E-state index in [-0.39, 0.29) is 0 Å². The highest BCUT2D eigenvalue weighted by molar-refractivity contribution is 5.82. The molecule has 2 atom stereocenters. The lowest BCUT2D eigenvalue weighted by molar-refractivity contribution is 0.0171. The number of aryl methyl sites for hydroxylation is 2. The molecule has 32 heavy (non-hydrogen) atoms. The molecule has 1 aliphatic carbocycles. The van der Waals surface area contributed by atoms with Crippen molar-refractivity contribution >= 4 is 16.7 Å². The summed E-state index contributed by atoms with van der Waals surface area (Å²) in [6, 6.07) is 7.75. The van der Waals surface area contributed by atoms with E-state index in [1.54, 1.807) is 0 Å². The lowest BCUT2D eigenvalue weighted by Crippen LogP contribution is -2.44. The number of hydrogen-bond acceptors (Lipinski definition) is 6. The Morgan fingerprint density at radius 2 is 1.88 bits per heavy atom. The van der Waals surface area contributed by atoms with Crippen LogP contribution in [0.3, 0.4) is 0 Å². The first-order valence-electron chi connectivity index (χ1n) is 11.9. The van der Waals surface area contributed by atoms with E-state index >= 15 is 0 Å². The van der Waals surface area contributed by atoms with Gasteiger partial charge in [0.05, 0.1) is 17.3 Å². The van der Waals surface area contributed by atoms with Gasteiger partial charge in [0, 0.05) is 36.6 Å². The van der Waals surface area contributed by atoms with E-state index in [1.807, 2.05) is 24.7 Å². The number of nitrogens with zero attached hydrogens (tertiary/aromatic N) is 5. The Morgan fingerprint density at radius 1 is 1.09 bits per heavy atom. The number of anilines is 1. The van der Waals surface area contributed by atoms with Gasteiger partial charge in [0.25, 0.3) is 0 Å². The van der Waals surface area contributed by atoms with E-state index in [0.717, 1.165) is 67.1 Å². The van der Waals surface area contributed by atoms with E-state index < -0.39 is 5.60 Å². The van der Waals surface area contributed by atoms with E-state index in [4.69, 9.17) is 15.1 Å². The summed E-state index contributed by atoms with van der Waals surface area (Å²) in [6.45, 7) is 8.17. The Kier molecular flexibility index (Phi) is 4.56. The van der Waals surface area contributed by atoms with Crippen molar-refractivity contribution in [1.82, 2.24) is 25.1 Å². The third-order valence-corrected chi connectivity index (χ3v) is 7.84. The molecule has 2 saturated heterocycles. The Hall–Kier alpha value is -2.51. The average molecular weight is 433 g/mol. The van der Waals surface area contributed by atoms with Gasteiger partial charge < -0.3 is 15.3 Å². The van der Waals surface area contributed by atoms with Crippen LogP contribution in [-0.2, 0) is 0 Å². The van der Waals surface area contributed by atoms with Crippen LogP contribution in [0.5, 0.6) is 0 Å². The molecule has 2 aromatic heterocycles. The van der Waals surface area contributed by atoms with Crippen molar-refractivity contribution in [1.29, 1.82) is 0 Å². The SMILES string of the molecule is Cc1nc(N2CC3CC2CN3)cc(-n2ncc3cc(C)c([C@H]4CC[C@](C)(O)CC4)cc32)n1. The highest BCUT2D eigenvalue weighted by Gasteiger charge is 2.38. The molecule has 168 valence electrons. The summed E-state index contributed by atoms with van der Waals surface area (Å²) >= 11 is 0. The molecule has 3 aliphatic rings. The number of aromatic nitrogens is 4. The molecule has 1 saturated carbocycles. The van der Waals surface area contributed by atoms with Crippen molar-refractivity contribution in [3.63, 3.8) is 0 Å². The first-order valence-corrected chi connectivity index (χ1v) is 11.9. The van der Waals surface area contributed by atoms with Crippen molar-refractivity contribution in [3.05, 3.63) is 41.3 Å². The summed E-state index contributed by atoms with van der Waals surface area (Å²) in [5.41, 5.74) is 3.26. The zero-order valence-corrected chi connectivity index (χ0v) is 19.2. The van der Waals surface area contributed by atoms with Gasteiger partial charge in [-0.2, -0.15) is 5.10 Å². The summed E-state index contributed by atoms with van der Waals surface area (Å²) in [4.78, 5) is 11.9. The molecule has 1 aromatic carbocycles. The largest absolute Gasteiger partial charge is 0.390 e. The Balaban J connectivity index is 1.38. The number of nitrogens with one attached hydrogen (secondary N) is 1. The minimum absolute atomic E-state index is 0.485. The number of piperazine rings is 1. The monoisotopic (exact) mass is 432 g/mol. The van der Waals surface area contributed by atoms with Crippen molar-refractivity contribution < 1.29 is 5.11 Å². The van der Waals surface area contributed by atoms with E-state index in [2.05, 4.69) is 35.3 Å². The lowest BCUT2D eigenvalue weighted by atomic mass is 9.76. The van der Waals surface area contributed by atoms with Gasteiger partial charge in [0.15, 0.2) is 5.82 Å². The highest BCUT2D eigenvalue weighted by Crippen LogP contribution is 2.40. The second-order valence-corrected chi connectivity index (χ2v) is 10.4. The van der Waals surface area contributed by atoms with Gasteiger partial charge in [-0.1, -0.05) is 0 Å². The Labute approximate surface area is 188 Å². The molecule has 4 heterocycles. The van der Waals surface area contributed by atoms with Gasteiger partial charge in [0.1, 0.15) is 11.6 Å². The third-order valence-electron chi connectivity index (χ3n) is 7.84. The molecule has 6 rings (SSSR count). The first kappa shape index (κ1) is 20.1. The molecule has 0 radical (unpaired) electrons. The normalized spacial score (nSPS) is 29.9. The van der Waals surface area contributed by atoms with Crippen LogP contribution in [0.4, 0.5) is 5.82 Å². The molecule has 0 amide bonds. The third kappa shape index (κ3) is 3.39. The second-order valence-electron chi connectivity index (χ2n) is 10.4. The summed E-state index contributed by atoms with van der Waals surface area (Å²) in [5.74, 6) is 3.10. The number of rotatable bonds is 3. The average Bonchev–Trinajstić information content (AvgIpc) is 3.48. The van der Waals surface area contributed by atoms with Gasteiger partial charge in [-0.05, 0) is 82.1 Å². The number of benzene rings is 1. The second kappa shape index (κ2) is 7.25. The first-order chi connectivity index (χ1) is 15.4. The summed E-state index contributed by atoms with van der Waals surface area (Å²) in [6.07, 6.45) is 6.90.